The molecule has 8 heteroatoms. The Balaban J connectivity index is 1.74. The van der Waals surface area contributed by atoms with E-state index in [2.05, 4.69) is 20.8 Å². The molecule has 3 aromatic rings. The van der Waals surface area contributed by atoms with Crippen LogP contribution in [0.5, 0.6) is 0 Å². The predicted molar refractivity (Wildman–Crippen MR) is 87.8 cm³/mol. The zero-order valence-electron chi connectivity index (χ0n) is 13.1. The fourth-order valence-corrected chi connectivity index (χ4v) is 2.05. The van der Waals surface area contributed by atoms with E-state index in [1.807, 2.05) is 0 Å². The van der Waals surface area contributed by atoms with Gasteiger partial charge in [-0.2, -0.15) is 0 Å². The number of carbonyl (C=O) groups is 2. The second-order valence-electron chi connectivity index (χ2n) is 5.15. The average Bonchev–Trinajstić information content (AvgIpc) is 3.00. The Bertz CT molecular complexity index is 939. The van der Waals surface area contributed by atoms with Crippen molar-refractivity contribution < 1.29 is 18.5 Å². The summed E-state index contributed by atoms with van der Waals surface area (Å²) in [5.74, 6) is -0.765. The summed E-state index contributed by atoms with van der Waals surface area (Å²) in [6.07, 6.45) is 0. The number of hydrogen-bond donors (Lipinski definition) is 2. The van der Waals surface area contributed by atoms with Gasteiger partial charge in [-0.15, -0.1) is 0 Å². The first-order valence-corrected chi connectivity index (χ1v) is 7.30. The number of pyridine rings is 1. The number of rotatable bonds is 4. The number of amides is 2. The van der Waals surface area contributed by atoms with Crippen molar-refractivity contribution in [1.29, 1.82) is 0 Å². The molecule has 0 aliphatic carbocycles. The zero-order valence-corrected chi connectivity index (χ0v) is 13.1. The van der Waals surface area contributed by atoms with Gasteiger partial charge in [0.05, 0.1) is 0 Å². The van der Waals surface area contributed by atoms with Crippen LogP contribution in [-0.2, 0) is 0 Å². The van der Waals surface area contributed by atoms with E-state index in [1.165, 1.54) is 36.4 Å². The fourth-order valence-electron chi connectivity index (χ4n) is 2.05. The SMILES string of the molecule is Cc1cc(NC(=O)c2cccc(C(=O)Nc3cccc(F)c3)n2)no1. The zero-order chi connectivity index (χ0) is 17.8. The number of halogens is 1. The summed E-state index contributed by atoms with van der Waals surface area (Å²) >= 11 is 0. The molecule has 0 radical (unpaired) electrons. The van der Waals surface area contributed by atoms with Crippen LogP contribution in [0.15, 0.2) is 53.1 Å². The molecule has 2 amide bonds. The molecule has 126 valence electrons. The third kappa shape index (κ3) is 4.05. The molecular formula is C17H13FN4O3. The highest BCUT2D eigenvalue weighted by molar-refractivity contribution is 6.05. The Labute approximate surface area is 141 Å². The van der Waals surface area contributed by atoms with Crippen LogP contribution >= 0.6 is 0 Å². The molecule has 1 aromatic carbocycles. The van der Waals surface area contributed by atoms with Gasteiger partial charge in [0.15, 0.2) is 5.82 Å². The lowest BCUT2D eigenvalue weighted by molar-refractivity contribution is 0.101. The van der Waals surface area contributed by atoms with Crippen LogP contribution in [0.3, 0.4) is 0 Å². The van der Waals surface area contributed by atoms with Crippen molar-refractivity contribution in [3.8, 4) is 0 Å². The van der Waals surface area contributed by atoms with Gasteiger partial charge in [0.2, 0.25) is 0 Å². The molecule has 2 N–H and O–H groups in total. The molecule has 2 heterocycles. The molecule has 25 heavy (non-hydrogen) atoms. The molecule has 0 aliphatic heterocycles. The lowest BCUT2D eigenvalue weighted by Crippen LogP contribution is -2.18. The molecule has 3 rings (SSSR count). The first-order valence-electron chi connectivity index (χ1n) is 7.30. The van der Waals surface area contributed by atoms with E-state index < -0.39 is 17.6 Å². The third-order valence-corrected chi connectivity index (χ3v) is 3.17. The summed E-state index contributed by atoms with van der Waals surface area (Å²) < 4.78 is 18.0. The van der Waals surface area contributed by atoms with E-state index in [4.69, 9.17) is 4.52 Å². The van der Waals surface area contributed by atoms with Crippen LogP contribution in [0.1, 0.15) is 26.7 Å². The molecule has 0 saturated carbocycles. The number of nitrogens with one attached hydrogen (secondary N) is 2. The van der Waals surface area contributed by atoms with E-state index in [9.17, 15) is 14.0 Å². The first-order chi connectivity index (χ1) is 12.0. The first kappa shape index (κ1) is 16.3. The normalized spacial score (nSPS) is 10.3. The lowest BCUT2D eigenvalue weighted by atomic mass is 10.2. The van der Waals surface area contributed by atoms with Crippen LogP contribution in [-0.4, -0.2) is 22.0 Å². The van der Waals surface area contributed by atoms with Crippen molar-refractivity contribution in [3.05, 3.63) is 71.5 Å². The van der Waals surface area contributed by atoms with E-state index >= 15 is 0 Å². The maximum atomic E-state index is 13.2. The molecule has 0 saturated heterocycles. The number of aryl methyl sites for hydroxylation is 1. The Hall–Kier alpha value is -3.55. The molecule has 0 spiro atoms. The van der Waals surface area contributed by atoms with Crippen LogP contribution in [0.4, 0.5) is 15.9 Å². The minimum atomic E-state index is -0.558. The highest BCUT2D eigenvalue weighted by atomic mass is 19.1. The average molecular weight is 340 g/mol. The van der Waals surface area contributed by atoms with Gasteiger partial charge < -0.3 is 15.2 Å². The quantitative estimate of drug-likeness (QED) is 0.761. The monoisotopic (exact) mass is 340 g/mol. The van der Waals surface area contributed by atoms with E-state index in [-0.39, 0.29) is 17.2 Å². The molecule has 0 unspecified atom stereocenters. The minimum Gasteiger partial charge on any atom is -0.360 e. The Morgan fingerprint density at radius 1 is 1.00 bits per heavy atom. The topological polar surface area (TPSA) is 97.1 Å². The van der Waals surface area contributed by atoms with Crippen molar-refractivity contribution in [1.82, 2.24) is 10.1 Å². The summed E-state index contributed by atoms with van der Waals surface area (Å²) in [7, 11) is 0. The van der Waals surface area contributed by atoms with Crippen LogP contribution in [0, 0.1) is 12.7 Å². The van der Waals surface area contributed by atoms with E-state index in [0.29, 0.717) is 11.4 Å². The smallest absolute Gasteiger partial charge is 0.275 e. The van der Waals surface area contributed by atoms with Crippen LogP contribution in [0.25, 0.3) is 0 Å². The maximum Gasteiger partial charge on any atom is 0.275 e. The predicted octanol–water partition coefficient (Wildman–Crippen LogP) is 3.02. The van der Waals surface area contributed by atoms with Gasteiger partial charge in [0.1, 0.15) is 23.0 Å². The van der Waals surface area contributed by atoms with Crippen molar-refractivity contribution in [2.24, 2.45) is 0 Å². The lowest BCUT2D eigenvalue weighted by Gasteiger charge is -2.06. The van der Waals surface area contributed by atoms with E-state index in [1.54, 1.807) is 19.1 Å². The summed E-state index contributed by atoms with van der Waals surface area (Å²) in [6, 6.07) is 11.5. The highest BCUT2D eigenvalue weighted by Gasteiger charge is 2.14. The minimum absolute atomic E-state index is 0.0215. The second kappa shape index (κ2) is 6.91. The highest BCUT2D eigenvalue weighted by Crippen LogP contribution is 2.12. The standard InChI is InChI=1S/C17H13FN4O3/c1-10-8-15(22-25-10)21-17(24)14-7-3-6-13(20-14)16(23)19-12-5-2-4-11(18)9-12/h2-9H,1H3,(H,19,23)(H,21,22,24). The maximum absolute atomic E-state index is 13.2. The van der Waals surface area contributed by atoms with Crippen molar-refractivity contribution in [2.45, 2.75) is 6.92 Å². The molecule has 0 atom stereocenters. The Kier molecular flexibility index (Phi) is 4.51. The fraction of sp³-hybridized carbons (Fsp3) is 0.0588. The van der Waals surface area contributed by atoms with Crippen molar-refractivity contribution in [2.75, 3.05) is 10.6 Å². The second-order valence-corrected chi connectivity index (χ2v) is 5.15. The van der Waals surface area contributed by atoms with Crippen molar-refractivity contribution >= 4 is 23.3 Å². The van der Waals surface area contributed by atoms with Gasteiger partial charge in [-0.25, -0.2) is 9.37 Å². The van der Waals surface area contributed by atoms with E-state index in [0.717, 1.165) is 0 Å². The van der Waals surface area contributed by atoms with Gasteiger partial charge in [0, 0.05) is 11.8 Å². The third-order valence-electron chi connectivity index (χ3n) is 3.17. The van der Waals surface area contributed by atoms with Crippen LogP contribution < -0.4 is 10.6 Å². The largest absolute Gasteiger partial charge is 0.360 e. The number of anilines is 2. The summed E-state index contributed by atoms with van der Waals surface area (Å²) in [5, 5.41) is 8.69. The summed E-state index contributed by atoms with van der Waals surface area (Å²) in [6.45, 7) is 1.69. The van der Waals surface area contributed by atoms with Crippen molar-refractivity contribution in [3.63, 3.8) is 0 Å². The number of benzene rings is 1. The summed E-state index contributed by atoms with van der Waals surface area (Å²) in [4.78, 5) is 28.4. The number of nitrogens with zero attached hydrogens (tertiary/aromatic N) is 2. The van der Waals surface area contributed by atoms with Gasteiger partial charge >= 0.3 is 0 Å². The molecule has 2 aromatic heterocycles. The Morgan fingerprint density at radius 2 is 1.68 bits per heavy atom. The van der Waals surface area contributed by atoms with Gasteiger partial charge in [-0.05, 0) is 37.3 Å². The van der Waals surface area contributed by atoms with Gasteiger partial charge in [-0.3, -0.25) is 9.59 Å². The number of hydrogen-bond acceptors (Lipinski definition) is 5. The number of carbonyl (C=O) groups excluding carboxylic acids is 2. The van der Waals surface area contributed by atoms with Gasteiger partial charge in [-0.1, -0.05) is 17.3 Å². The molecular weight excluding hydrogens is 327 g/mol. The number of aromatic nitrogens is 2. The summed E-state index contributed by atoms with van der Waals surface area (Å²) in [5.41, 5.74) is 0.348. The van der Waals surface area contributed by atoms with Crippen LogP contribution in [0.2, 0.25) is 0 Å². The molecule has 0 aliphatic rings. The Morgan fingerprint density at radius 3 is 2.32 bits per heavy atom. The molecule has 0 fully saturated rings. The molecule has 7 nitrogen and oxygen atoms in total. The molecule has 0 bridgehead atoms. The van der Waals surface area contributed by atoms with Gasteiger partial charge in [0.25, 0.3) is 11.8 Å².